The fraction of sp³-hybridized carbons (Fsp3) is 0.111. The van der Waals surface area contributed by atoms with Crippen LogP contribution >= 0.6 is 0 Å². The van der Waals surface area contributed by atoms with Crippen molar-refractivity contribution >= 4 is 6.29 Å². The number of hydrogen-bond acceptors (Lipinski definition) is 4. The van der Waals surface area contributed by atoms with Crippen LogP contribution in [0.15, 0.2) is 24.5 Å². The molecule has 0 atom stereocenters. The molecule has 0 amide bonds. The SMILES string of the molecule is Cc1ccc(C=O)c(-n2nccn2)n1. The van der Waals surface area contributed by atoms with Crippen molar-refractivity contribution in [3.05, 3.63) is 35.8 Å². The first-order chi connectivity index (χ1) is 6.81. The zero-order valence-electron chi connectivity index (χ0n) is 7.58. The second-order valence-electron chi connectivity index (χ2n) is 2.80. The maximum atomic E-state index is 10.7. The van der Waals surface area contributed by atoms with Gasteiger partial charge in [-0.25, -0.2) is 4.98 Å². The summed E-state index contributed by atoms with van der Waals surface area (Å²) in [6, 6.07) is 3.48. The van der Waals surface area contributed by atoms with E-state index in [4.69, 9.17) is 0 Å². The summed E-state index contributed by atoms with van der Waals surface area (Å²) in [5, 5.41) is 7.84. The van der Waals surface area contributed by atoms with Crippen molar-refractivity contribution in [2.45, 2.75) is 6.92 Å². The highest BCUT2D eigenvalue weighted by molar-refractivity contribution is 5.79. The van der Waals surface area contributed by atoms with Gasteiger partial charge in [-0.1, -0.05) is 0 Å². The molecule has 0 aliphatic rings. The molecule has 0 radical (unpaired) electrons. The summed E-state index contributed by atoms with van der Waals surface area (Å²) in [6.45, 7) is 1.85. The third-order valence-electron chi connectivity index (χ3n) is 1.78. The van der Waals surface area contributed by atoms with Crippen molar-refractivity contribution in [3.63, 3.8) is 0 Å². The van der Waals surface area contributed by atoms with Gasteiger partial charge in [0.2, 0.25) is 0 Å². The second-order valence-corrected chi connectivity index (χ2v) is 2.80. The van der Waals surface area contributed by atoms with Crippen LogP contribution in [0.1, 0.15) is 16.1 Å². The molecular weight excluding hydrogens is 180 g/mol. The predicted octanol–water partition coefficient (Wildman–Crippen LogP) is 0.783. The number of pyridine rings is 1. The Labute approximate surface area is 80.4 Å². The average molecular weight is 188 g/mol. The number of carbonyl (C=O) groups is 1. The number of rotatable bonds is 2. The van der Waals surface area contributed by atoms with Crippen LogP contribution in [0.3, 0.4) is 0 Å². The molecule has 2 rings (SSSR count). The van der Waals surface area contributed by atoms with Gasteiger partial charge in [0.25, 0.3) is 0 Å². The second kappa shape index (κ2) is 3.37. The summed E-state index contributed by atoms with van der Waals surface area (Å²) in [4.78, 5) is 16.2. The number of aldehydes is 1. The van der Waals surface area contributed by atoms with Crippen LogP contribution in [-0.4, -0.2) is 26.3 Å². The molecule has 0 unspecified atom stereocenters. The van der Waals surface area contributed by atoms with Crippen LogP contribution in [0.5, 0.6) is 0 Å². The molecule has 0 saturated carbocycles. The van der Waals surface area contributed by atoms with Gasteiger partial charge in [-0.3, -0.25) is 4.79 Å². The van der Waals surface area contributed by atoms with Gasteiger partial charge in [-0.05, 0) is 19.1 Å². The number of aryl methyl sites for hydroxylation is 1. The van der Waals surface area contributed by atoms with E-state index in [1.165, 1.54) is 4.80 Å². The molecule has 0 spiro atoms. The minimum Gasteiger partial charge on any atom is -0.298 e. The topological polar surface area (TPSA) is 60.7 Å². The monoisotopic (exact) mass is 188 g/mol. The molecular formula is C9H8N4O. The van der Waals surface area contributed by atoms with Crippen LogP contribution in [0.2, 0.25) is 0 Å². The third kappa shape index (κ3) is 1.39. The maximum absolute atomic E-state index is 10.7. The van der Waals surface area contributed by atoms with E-state index in [9.17, 15) is 4.79 Å². The Bertz CT molecular complexity index is 450. The Hall–Kier alpha value is -2.04. The highest BCUT2D eigenvalue weighted by Crippen LogP contribution is 2.08. The summed E-state index contributed by atoms with van der Waals surface area (Å²) >= 11 is 0. The molecule has 70 valence electrons. The van der Waals surface area contributed by atoms with E-state index in [0.717, 1.165) is 12.0 Å². The first-order valence-corrected chi connectivity index (χ1v) is 4.11. The van der Waals surface area contributed by atoms with Crippen LogP contribution in [0.4, 0.5) is 0 Å². The van der Waals surface area contributed by atoms with Gasteiger partial charge in [0, 0.05) is 5.69 Å². The lowest BCUT2D eigenvalue weighted by molar-refractivity contribution is 0.112. The van der Waals surface area contributed by atoms with Crippen LogP contribution in [0.25, 0.3) is 5.82 Å². The Morgan fingerprint density at radius 1 is 1.29 bits per heavy atom. The maximum Gasteiger partial charge on any atom is 0.185 e. The number of nitrogens with zero attached hydrogens (tertiary/aromatic N) is 4. The quantitative estimate of drug-likeness (QED) is 0.653. The number of hydrogen-bond donors (Lipinski definition) is 0. The molecule has 2 aromatic heterocycles. The largest absolute Gasteiger partial charge is 0.298 e. The molecule has 0 fully saturated rings. The van der Waals surface area contributed by atoms with Crippen LogP contribution in [-0.2, 0) is 0 Å². The summed E-state index contributed by atoms with van der Waals surface area (Å²) in [5.74, 6) is 0.463. The Morgan fingerprint density at radius 2 is 2.00 bits per heavy atom. The molecule has 0 aromatic carbocycles. The minimum absolute atomic E-state index is 0.463. The lowest BCUT2D eigenvalue weighted by atomic mass is 10.2. The van der Waals surface area contributed by atoms with Gasteiger partial charge in [-0.15, -0.1) is 4.80 Å². The predicted molar refractivity (Wildman–Crippen MR) is 49.3 cm³/mol. The van der Waals surface area contributed by atoms with Gasteiger partial charge in [0.05, 0.1) is 18.0 Å². The first-order valence-electron chi connectivity index (χ1n) is 4.11. The molecule has 14 heavy (non-hydrogen) atoms. The number of carbonyl (C=O) groups excluding carboxylic acids is 1. The van der Waals surface area contributed by atoms with Crippen molar-refractivity contribution in [1.82, 2.24) is 20.0 Å². The van der Waals surface area contributed by atoms with E-state index in [1.54, 1.807) is 24.5 Å². The molecule has 0 N–H and O–H groups in total. The van der Waals surface area contributed by atoms with Crippen molar-refractivity contribution in [3.8, 4) is 5.82 Å². The van der Waals surface area contributed by atoms with Crippen LogP contribution in [0, 0.1) is 6.92 Å². The summed E-state index contributed by atoms with van der Waals surface area (Å²) in [6.07, 6.45) is 3.82. The van der Waals surface area contributed by atoms with E-state index in [2.05, 4.69) is 15.2 Å². The fourth-order valence-electron chi connectivity index (χ4n) is 1.13. The third-order valence-corrected chi connectivity index (χ3v) is 1.78. The normalized spacial score (nSPS) is 10.1. The molecule has 0 saturated heterocycles. The smallest absolute Gasteiger partial charge is 0.185 e. The standard InChI is InChI=1S/C9H8N4O/c1-7-2-3-8(6-14)9(12-7)13-10-4-5-11-13/h2-6H,1H3. The van der Waals surface area contributed by atoms with E-state index in [1.807, 2.05) is 6.92 Å². The summed E-state index contributed by atoms with van der Waals surface area (Å²) < 4.78 is 0. The van der Waals surface area contributed by atoms with Crippen molar-refractivity contribution in [1.29, 1.82) is 0 Å². The molecule has 2 heterocycles. The molecule has 5 nitrogen and oxygen atoms in total. The Kier molecular flexibility index (Phi) is 2.06. The molecule has 5 heteroatoms. The average Bonchev–Trinajstić information content (AvgIpc) is 2.70. The first kappa shape index (κ1) is 8.55. The molecule has 0 aliphatic heterocycles. The van der Waals surface area contributed by atoms with Crippen molar-refractivity contribution < 1.29 is 4.79 Å². The summed E-state index contributed by atoms with van der Waals surface area (Å²) in [7, 11) is 0. The lowest BCUT2D eigenvalue weighted by Crippen LogP contribution is -2.06. The lowest BCUT2D eigenvalue weighted by Gasteiger charge is -2.02. The van der Waals surface area contributed by atoms with Crippen molar-refractivity contribution in [2.75, 3.05) is 0 Å². The van der Waals surface area contributed by atoms with E-state index in [0.29, 0.717) is 11.4 Å². The molecule has 0 aliphatic carbocycles. The molecule has 0 bridgehead atoms. The molecule has 2 aromatic rings. The van der Waals surface area contributed by atoms with Gasteiger partial charge in [-0.2, -0.15) is 10.2 Å². The van der Waals surface area contributed by atoms with E-state index >= 15 is 0 Å². The van der Waals surface area contributed by atoms with Gasteiger partial charge in [0.1, 0.15) is 0 Å². The zero-order valence-corrected chi connectivity index (χ0v) is 7.58. The van der Waals surface area contributed by atoms with E-state index < -0.39 is 0 Å². The fourth-order valence-corrected chi connectivity index (χ4v) is 1.13. The van der Waals surface area contributed by atoms with Crippen LogP contribution < -0.4 is 0 Å². The minimum atomic E-state index is 0.463. The highest BCUT2D eigenvalue weighted by Gasteiger charge is 2.06. The van der Waals surface area contributed by atoms with Crippen molar-refractivity contribution in [2.24, 2.45) is 0 Å². The van der Waals surface area contributed by atoms with E-state index in [-0.39, 0.29) is 0 Å². The van der Waals surface area contributed by atoms with Gasteiger partial charge >= 0.3 is 0 Å². The van der Waals surface area contributed by atoms with Gasteiger partial charge in [0.15, 0.2) is 12.1 Å². The Balaban J connectivity index is 2.61. The zero-order chi connectivity index (χ0) is 9.97. The Morgan fingerprint density at radius 3 is 2.64 bits per heavy atom. The van der Waals surface area contributed by atoms with Gasteiger partial charge < -0.3 is 0 Å². The highest BCUT2D eigenvalue weighted by atomic mass is 16.1. The summed E-state index contributed by atoms with van der Waals surface area (Å²) in [5.41, 5.74) is 1.30. The number of aromatic nitrogens is 4.